The van der Waals surface area contributed by atoms with Gasteiger partial charge in [-0.05, 0) is 36.5 Å². The second kappa shape index (κ2) is 5.30. The van der Waals surface area contributed by atoms with Crippen LogP contribution in [0.3, 0.4) is 0 Å². The standard InChI is InChI=1S/C16H22N2/c1-11(2)14-6-8-15(9-7-14)18-16-10-5-12(3)17-13(16)4/h6-9,11,16-18H,3-5,10H2,1-2H3. The number of benzene rings is 1. The van der Waals surface area contributed by atoms with Crippen LogP contribution in [-0.4, -0.2) is 6.04 Å². The fourth-order valence-electron chi connectivity index (χ4n) is 2.19. The number of rotatable bonds is 3. The summed E-state index contributed by atoms with van der Waals surface area (Å²) in [5.74, 6) is 0.577. The van der Waals surface area contributed by atoms with Crippen molar-refractivity contribution in [3.8, 4) is 0 Å². The number of hydrogen-bond acceptors (Lipinski definition) is 2. The van der Waals surface area contributed by atoms with Crippen LogP contribution in [0.5, 0.6) is 0 Å². The molecular formula is C16H22N2. The summed E-state index contributed by atoms with van der Waals surface area (Å²) in [6.45, 7) is 12.4. The Labute approximate surface area is 110 Å². The van der Waals surface area contributed by atoms with E-state index in [9.17, 15) is 0 Å². The zero-order valence-electron chi connectivity index (χ0n) is 11.3. The lowest BCUT2D eigenvalue weighted by Crippen LogP contribution is -2.34. The molecule has 2 nitrogen and oxygen atoms in total. The van der Waals surface area contributed by atoms with Gasteiger partial charge in [-0.25, -0.2) is 0 Å². The third-order valence-electron chi connectivity index (χ3n) is 3.41. The first-order chi connectivity index (χ1) is 8.56. The summed E-state index contributed by atoms with van der Waals surface area (Å²) in [5, 5.41) is 6.74. The van der Waals surface area contributed by atoms with Crippen LogP contribution in [0.2, 0.25) is 0 Å². The third kappa shape index (κ3) is 2.95. The molecule has 2 heteroatoms. The molecule has 0 radical (unpaired) electrons. The molecule has 1 atom stereocenters. The first-order valence-corrected chi connectivity index (χ1v) is 6.56. The van der Waals surface area contributed by atoms with Crippen LogP contribution in [0.15, 0.2) is 48.8 Å². The maximum absolute atomic E-state index is 4.05. The number of anilines is 1. The lowest BCUT2D eigenvalue weighted by molar-refractivity contribution is 0.613. The number of piperidine rings is 1. The molecule has 1 fully saturated rings. The predicted octanol–water partition coefficient (Wildman–Crippen LogP) is 4.00. The van der Waals surface area contributed by atoms with Crippen molar-refractivity contribution in [1.82, 2.24) is 5.32 Å². The molecule has 1 aliphatic rings. The minimum atomic E-state index is 0.292. The number of nitrogens with one attached hydrogen (secondary N) is 2. The Balaban J connectivity index is 2.01. The Bertz CT molecular complexity index is 443. The zero-order valence-corrected chi connectivity index (χ0v) is 11.3. The molecule has 2 rings (SSSR count). The molecule has 0 spiro atoms. The average molecular weight is 242 g/mol. The first kappa shape index (κ1) is 12.7. The van der Waals surface area contributed by atoms with E-state index in [0.29, 0.717) is 12.0 Å². The van der Waals surface area contributed by atoms with Crippen molar-refractivity contribution in [3.63, 3.8) is 0 Å². The van der Waals surface area contributed by atoms with Crippen molar-refractivity contribution in [1.29, 1.82) is 0 Å². The summed E-state index contributed by atoms with van der Waals surface area (Å²) >= 11 is 0. The van der Waals surface area contributed by atoms with E-state index in [1.807, 2.05) is 0 Å². The van der Waals surface area contributed by atoms with Crippen LogP contribution in [0.4, 0.5) is 5.69 Å². The van der Waals surface area contributed by atoms with Crippen LogP contribution in [0.1, 0.15) is 38.2 Å². The molecule has 1 saturated heterocycles. The minimum absolute atomic E-state index is 0.292. The SMILES string of the molecule is C=C1CCC(Nc2ccc(C(C)C)cc2)C(=C)N1. The monoisotopic (exact) mass is 242 g/mol. The second-order valence-electron chi connectivity index (χ2n) is 5.27. The molecule has 0 saturated carbocycles. The highest BCUT2D eigenvalue weighted by molar-refractivity contribution is 5.47. The van der Waals surface area contributed by atoms with E-state index < -0.39 is 0 Å². The molecule has 0 aliphatic carbocycles. The average Bonchev–Trinajstić information content (AvgIpc) is 2.33. The Morgan fingerprint density at radius 3 is 2.44 bits per heavy atom. The van der Waals surface area contributed by atoms with Gasteiger partial charge in [-0.1, -0.05) is 39.1 Å². The largest absolute Gasteiger partial charge is 0.377 e. The molecule has 1 unspecified atom stereocenters. The summed E-state index contributed by atoms with van der Waals surface area (Å²) in [4.78, 5) is 0. The lowest BCUT2D eigenvalue weighted by Gasteiger charge is -2.29. The van der Waals surface area contributed by atoms with Crippen LogP contribution >= 0.6 is 0 Å². The van der Waals surface area contributed by atoms with E-state index in [2.05, 4.69) is 61.9 Å². The van der Waals surface area contributed by atoms with Gasteiger partial charge in [-0.15, -0.1) is 0 Å². The summed E-state index contributed by atoms with van der Waals surface area (Å²) < 4.78 is 0. The molecule has 1 aromatic rings. The van der Waals surface area contributed by atoms with E-state index in [4.69, 9.17) is 0 Å². The van der Waals surface area contributed by atoms with Gasteiger partial charge < -0.3 is 10.6 Å². The van der Waals surface area contributed by atoms with Crippen LogP contribution in [-0.2, 0) is 0 Å². The van der Waals surface area contributed by atoms with E-state index in [-0.39, 0.29) is 0 Å². The molecule has 0 aromatic heterocycles. The molecule has 0 amide bonds. The van der Waals surface area contributed by atoms with Crippen molar-refractivity contribution < 1.29 is 0 Å². The lowest BCUT2D eigenvalue weighted by atomic mass is 10.0. The van der Waals surface area contributed by atoms with E-state index >= 15 is 0 Å². The number of hydrogen-bond donors (Lipinski definition) is 2. The summed E-state index contributed by atoms with van der Waals surface area (Å²) in [6, 6.07) is 8.95. The van der Waals surface area contributed by atoms with Gasteiger partial charge in [0.15, 0.2) is 0 Å². The fraction of sp³-hybridized carbons (Fsp3) is 0.375. The Hall–Kier alpha value is -1.70. The van der Waals surface area contributed by atoms with Crippen LogP contribution < -0.4 is 10.6 Å². The Morgan fingerprint density at radius 1 is 1.22 bits per heavy atom. The minimum Gasteiger partial charge on any atom is -0.377 e. The zero-order chi connectivity index (χ0) is 13.1. The number of allylic oxidation sites excluding steroid dienone is 1. The van der Waals surface area contributed by atoms with E-state index in [1.54, 1.807) is 0 Å². The molecule has 1 heterocycles. The third-order valence-corrected chi connectivity index (χ3v) is 3.41. The van der Waals surface area contributed by atoms with Crippen molar-refractivity contribution in [2.75, 3.05) is 5.32 Å². The maximum atomic E-state index is 4.05. The fourth-order valence-corrected chi connectivity index (χ4v) is 2.19. The van der Waals surface area contributed by atoms with Gasteiger partial charge in [0, 0.05) is 17.1 Å². The van der Waals surface area contributed by atoms with Crippen molar-refractivity contribution >= 4 is 5.69 Å². The van der Waals surface area contributed by atoms with Gasteiger partial charge in [0.2, 0.25) is 0 Å². The highest BCUT2D eigenvalue weighted by Gasteiger charge is 2.18. The molecule has 1 aromatic carbocycles. The normalized spacial score (nSPS) is 19.8. The summed E-state index contributed by atoms with van der Waals surface area (Å²) in [6.07, 6.45) is 2.05. The highest BCUT2D eigenvalue weighted by atomic mass is 15.0. The van der Waals surface area contributed by atoms with Crippen molar-refractivity contribution in [3.05, 3.63) is 54.4 Å². The van der Waals surface area contributed by atoms with Gasteiger partial charge in [0.05, 0.1) is 6.04 Å². The summed E-state index contributed by atoms with van der Waals surface area (Å²) in [5.41, 5.74) is 4.60. The van der Waals surface area contributed by atoms with Crippen LogP contribution in [0, 0.1) is 0 Å². The topological polar surface area (TPSA) is 24.1 Å². The van der Waals surface area contributed by atoms with Crippen molar-refractivity contribution in [2.45, 2.75) is 38.6 Å². The van der Waals surface area contributed by atoms with Crippen molar-refractivity contribution in [2.24, 2.45) is 0 Å². The molecule has 96 valence electrons. The van der Waals surface area contributed by atoms with E-state index in [0.717, 1.165) is 29.9 Å². The van der Waals surface area contributed by atoms with Gasteiger partial charge in [-0.3, -0.25) is 0 Å². The smallest absolute Gasteiger partial charge is 0.0660 e. The summed E-state index contributed by atoms with van der Waals surface area (Å²) in [7, 11) is 0. The predicted molar refractivity (Wildman–Crippen MR) is 78.6 cm³/mol. The maximum Gasteiger partial charge on any atom is 0.0660 e. The molecule has 2 N–H and O–H groups in total. The van der Waals surface area contributed by atoms with Gasteiger partial charge in [0.25, 0.3) is 0 Å². The quantitative estimate of drug-likeness (QED) is 0.837. The molecule has 18 heavy (non-hydrogen) atoms. The van der Waals surface area contributed by atoms with Gasteiger partial charge >= 0.3 is 0 Å². The highest BCUT2D eigenvalue weighted by Crippen LogP contribution is 2.22. The first-order valence-electron chi connectivity index (χ1n) is 6.56. The van der Waals surface area contributed by atoms with Gasteiger partial charge in [0.1, 0.15) is 0 Å². The molecule has 0 bridgehead atoms. The molecule has 1 aliphatic heterocycles. The van der Waals surface area contributed by atoms with Crippen LogP contribution in [0.25, 0.3) is 0 Å². The Morgan fingerprint density at radius 2 is 1.89 bits per heavy atom. The Kier molecular flexibility index (Phi) is 3.75. The second-order valence-corrected chi connectivity index (χ2v) is 5.27. The van der Waals surface area contributed by atoms with Gasteiger partial charge in [-0.2, -0.15) is 0 Å². The molecular weight excluding hydrogens is 220 g/mol. The van der Waals surface area contributed by atoms with E-state index in [1.165, 1.54) is 5.56 Å².